The van der Waals surface area contributed by atoms with Gasteiger partial charge in [0, 0.05) is 10.6 Å². The van der Waals surface area contributed by atoms with Crippen LogP contribution in [-0.2, 0) is 6.54 Å². The van der Waals surface area contributed by atoms with Gasteiger partial charge in [-0.3, -0.25) is 0 Å². The first-order valence-corrected chi connectivity index (χ1v) is 5.53. The summed E-state index contributed by atoms with van der Waals surface area (Å²) < 4.78 is 1.80. The molecule has 1 aromatic carbocycles. The molecule has 2 aromatic rings. The number of aryl methyl sites for hydroxylation is 1. The van der Waals surface area contributed by atoms with Crippen LogP contribution in [0, 0.1) is 19.3 Å². The van der Waals surface area contributed by atoms with Crippen molar-refractivity contribution >= 4 is 17.4 Å². The maximum absolute atomic E-state index is 6.03. The number of hydrogen-bond acceptors (Lipinski definition) is 2. The Balaban J connectivity index is 2.54. The number of nitrogens with zero attached hydrogens (tertiary/aromatic N) is 2. The number of halogens is 1. The molecule has 17 heavy (non-hydrogen) atoms. The SMILES string of the molecule is C#CCn1c(C)nc(-c2cccc(Cl)c2)c1N. The van der Waals surface area contributed by atoms with Gasteiger partial charge >= 0.3 is 0 Å². The smallest absolute Gasteiger partial charge is 0.132 e. The summed E-state index contributed by atoms with van der Waals surface area (Å²) in [5.74, 6) is 3.93. The standard InChI is InChI=1S/C13H12ClN3/c1-3-7-17-9(2)16-12(13(17)15)10-5-4-6-11(14)8-10/h1,4-6,8H,7,15H2,2H3. The number of terminal acetylenes is 1. The molecule has 0 unspecified atom stereocenters. The van der Waals surface area contributed by atoms with E-state index in [-0.39, 0.29) is 0 Å². The van der Waals surface area contributed by atoms with Crippen LogP contribution in [0.15, 0.2) is 24.3 Å². The summed E-state index contributed by atoms with van der Waals surface area (Å²) in [5.41, 5.74) is 7.65. The van der Waals surface area contributed by atoms with Crippen LogP contribution in [0.1, 0.15) is 5.82 Å². The van der Waals surface area contributed by atoms with Gasteiger partial charge in [-0.15, -0.1) is 6.42 Å². The van der Waals surface area contributed by atoms with Gasteiger partial charge in [-0.1, -0.05) is 29.7 Å². The highest BCUT2D eigenvalue weighted by atomic mass is 35.5. The monoisotopic (exact) mass is 245 g/mol. The summed E-state index contributed by atoms with van der Waals surface area (Å²) in [5, 5.41) is 0.658. The second-order valence-corrected chi connectivity index (χ2v) is 4.13. The zero-order valence-corrected chi connectivity index (χ0v) is 10.2. The Bertz CT molecular complexity index is 593. The lowest BCUT2D eigenvalue weighted by Gasteiger charge is -2.03. The Kier molecular flexibility index (Phi) is 3.08. The molecule has 0 aliphatic carbocycles. The van der Waals surface area contributed by atoms with Crippen molar-refractivity contribution in [3.05, 3.63) is 35.1 Å². The van der Waals surface area contributed by atoms with Gasteiger partial charge in [0.05, 0.1) is 6.54 Å². The van der Waals surface area contributed by atoms with Crippen molar-refractivity contribution in [2.24, 2.45) is 0 Å². The van der Waals surface area contributed by atoms with Crippen LogP contribution in [0.2, 0.25) is 5.02 Å². The van der Waals surface area contributed by atoms with Crippen molar-refractivity contribution in [2.75, 3.05) is 5.73 Å². The average Bonchev–Trinajstić information content (AvgIpc) is 2.57. The van der Waals surface area contributed by atoms with Crippen LogP contribution in [-0.4, -0.2) is 9.55 Å². The largest absolute Gasteiger partial charge is 0.383 e. The Labute approximate surface area is 105 Å². The summed E-state index contributed by atoms with van der Waals surface area (Å²) in [6, 6.07) is 7.43. The molecule has 0 aliphatic rings. The minimum absolute atomic E-state index is 0.422. The third-order valence-electron chi connectivity index (χ3n) is 2.55. The van der Waals surface area contributed by atoms with Gasteiger partial charge in [0.15, 0.2) is 0 Å². The van der Waals surface area contributed by atoms with Crippen molar-refractivity contribution in [3.63, 3.8) is 0 Å². The van der Waals surface area contributed by atoms with E-state index in [0.29, 0.717) is 17.4 Å². The van der Waals surface area contributed by atoms with E-state index in [0.717, 1.165) is 17.1 Å². The van der Waals surface area contributed by atoms with Gasteiger partial charge in [-0.25, -0.2) is 4.98 Å². The molecule has 0 amide bonds. The van der Waals surface area contributed by atoms with Gasteiger partial charge in [-0.2, -0.15) is 0 Å². The lowest BCUT2D eigenvalue weighted by atomic mass is 10.1. The predicted molar refractivity (Wildman–Crippen MR) is 70.7 cm³/mol. The first-order chi connectivity index (χ1) is 8.13. The Morgan fingerprint density at radius 2 is 2.29 bits per heavy atom. The van der Waals surface area contributed by atoms with E-state index in [2.05, 4.69) is 10.9 Å². The van der Waals surface area contributed by atoms with Gasteiger partial charge in [0.25, 0.3) is 0 Å². The molecule has 0 aliphatic heterocycles. The Hall–Kier alpha value is -1.92. The Morgan fingerprint density at radius 1 is 1.53 bits per heavy atom. The first-order valence-electron chi connectivity index (χ1n) is 5.15. The van der Waals surface area contributed by atoms with Crippen LogP contribution < -0.4 is 5.73 Å². The number of aromatic nitrogens is 2. The molecule has 86 valence electrons. The number of imidazole rings is 1. The average molecular weight is 246 g/mol. The Morgan fingerprint density at radius 3 is 2.94 bits per heavy atom. The lowest BCUT2D eigenvalue weighted by molar-refractivity contribution is 0.807. The van der Waals surface area contributed by atoms with Crippen molar-refractivity contribution in [3.8, 4) is 23.6 Å². The first kappa shape index (κ1) is 11.6. The summed E-state index contributed by atoms with van der Waals surface area (Å²) in [6.45, 7) is 2.30. The molecule has 1 heterocycles. The number of nitrogens with two attached hydrogens (primary N) is 1. The summed E-state index contributed by atoms with van der Waals surface area (Å²) in [6.07, 6.45) is 5.30. The maximum Gasteiger partial charge on any atom is 0.132 e. The van der Waals surface area contributed by atoms with Crippen molar-refractivity contribution in [1.29, 1.82) is 0 Å². The van der Waals surface area contributed by atoms with Crippen LogP contribution in [0.3, 0.4) is 0 Å². The number of rotatable bonds is 2. The zero-order valence-electron chi connectivity index (χ0n) is 9.44. The zero-order chi connectivity index (χ0) is 12.4. The van der Waals surface area contributed by atoms with Crippen molar-refractivity contribution < 1.29 is 0 Å². The number of hydrogen-bond donors (Lipinski definition) is 1. The highest BCUT2D eigenvalue weighted by Crippen LogP contribution is 2.27. The molecule has 4 heteroatoms. The molecule has 0 atom stereocenters. The van der Waals surface area contributed by atoms with Crippen LogP contribution in [0.25, 0.3) is 11.3 Å². The van der Waals surface area contributed by atoms with E-state index in [1.54, 1.807) is 4.57 Å². The second kappa shape index (κ2) is 4.52. The number of nitrogen functional groups attached to an aromatic ring is 1. The van der Waals surface area contributed by atoms with E-state index < -0.39 is 0 Å². The third kappa shape index (κ3) is 2.13. The van der Waals surface area contributed by atoms with E-state index in [9.17, 15) is 0 Å². The fourth-order valence-electron chi connectivity index (χ4n) is 1.72. The molecule has 2 rings (SSSR count). The minimum atomic E-state index is 0.422. The maximum atomic E-state index is 6.03. The highest BCUT2D eigenvalue weighted by Gasteiger charge is 2.12. The van der Waals surface area contributed by atoms with Crippen LogP contribution in [0.4, 0.5) is 5.82 Å². The topological polar surface area (TPSA) is 43.8 Å². The van der Waals surface area contributed by atoms with Gasteiger partial charge in [0.2, 0.25) is 0 Å². The van der Waals surface area contributed by atoms with Gasteiger partial charge < -0.3 is 10.3 Å². The number of benzene rings is 1. The summed E-state index contributed by atoms with van der Waals surface area (Å²) in [7, 11) is 0. The third-order valence-corrected chi connectivity index (χ3v) is 2.78. The van der Waals surface area contributed by atoms with Crippen LogP contribution in [0.5, 0.6) is 0 Å². The number of anilines is 1. The van der Waals surface area contributed by atoms with Gasteiger partial charge in [0.1, 0.15) is 17.3 Å². The molecule has 1 aromatic heterocycles. The fraction of sp³-hybridized carbons (Fsp3) is 0.154. The molecule has 0 spiro atoms. The summed E-state index contributed by atoms with van der Waals surface area (Å²) in [4.78, 5) is 4.42. The van der Waals surface area contributed by atoms with E-state index in [1.165, 1.54) is 0 Å². The van der Waals surface area contributed by atoms with Crippen LogP contribution >= 0.6 is 11.6 Å². The van der Waals surface area contributed by atoms with Crippen molar-refractivity contribution in [2.45, 2.75) is 13.5 Å². The molecular weight excluding hydrogens is 234 g/mol. The van der Waals surface area contributed by atoms with E-state index in [4.69, 9.17) is 23.8 Å². The predicted octanol–water partition coefficient (Wildman–Crippen LogP) is 2.73. The fourth-order valence-corrected chi connectivity index (χ4v) is 1.91. The molecule has 3 nitrogen and oxygen atoms in total. The summed E-state index contributed by atoms with van der Waals surface area (Å²) >= 11 is 5.95. The van der Waals surface area contributed by atoms with Gasteiger partial charge in [-0.05, 0) is 19.1 Å². The highest BCUT2D eigenvalue weighted by molar-refractivity contribution is 6.30. The lowest BCUT2D eigenvalue weighted by Crippen LogP contribution is -2.03. The molecule has 0 radical (unpaired) electrons. The molecule has 2 N–H and O–H groups in total. The molecule has 0 bridgehead atoms. The quantitative estimate of drug-likeness (QED) is 0.827. The molecule has 0 fully saturated rings. The van der Waals surface area contributed by atoms with Crippen molar-refractivity contribution in [1.82, 2.24) is 9.55 Å². The van der Waals surface area contributed by atoms with E-state index >= 15 is 0 Å². The minimum Gasteiger partial charge on any atom is -0.383 e. The normalized spacial score (nSPS) is 10.2. The molecule has 0 saturated carbocycles. The second-order valence-electron chi connectivity index (χ2n) is 3.69. The molecular formula is C13H12ClN3. The van der Waals surface area contributed by atoms with E-state index in [1.807, 2.05) is 31.2 Å². The molecule has 0 saturated heterocycles.